The van der Waals surface area contributed by atoms with Crippen LogP contribution in [-0.2, 0) is 11.2 Å². The molecule has 0 spiro atoms. The molecule has 94 valence electrons. The van der Waals surface area contributed by atoms with Gasteiger partial charge < -0.3 is 10.1 Å². The van der Waals surface area contributed by atoms with E-state index in [-0.39, 0.29) is 6.42 Å². The molecule has 0 amide bonds. The molecule has 0 saturated carbocycles. The Bertz CT molecular complexity index is 581. The number of benzene rings is 1. The topological polar surface area (TPSA) is 53.1 Å². The Morgan fingerprint density at radius 3 is 2.94 bits per heavy atom. The molecule has 1 heterocycles. The summed E-state index contributed by atoms with van der Waals surface area (Å²) in [5.41, 5.74) is 3.54. The molecule has 0 atom stereocenters. The molecule has 0 radical (unpaired) electrons. The van der Waals surface area contributed by atoms with E-state index in [9.17, 15) is 4.79 Å². The Morgan fingerprint density at radius 1 is 1.33 bits per heavy atom. The van der Waals surface area contributed by atoms with Crippen molar-refractivity contribution in [1.29, 1.82) is 0 Å². The highest BCUT2D eigenvalue weighted by Crippen LogP contribution is 2.18. The van der Waals surface area contributed by atoms with Crippen LogP contribution in [0.25, 0.3) is 10.9 Å². The van der Waals surface area contributed by atoms with E-state index < -0.39 is 5.97 Å². The van der Waals surface area contributed by atoms with E-state index in [2.05, 4.69) is 29.3 Å². The Morgan fingerprint density at radius 2 is 2.17 bits per heavy atom. The van der Waals surface area contributed by atoms with Gasteiger partial charge >= 0.3 is 5.97 Å². The highest BCUT2D eigenvalue weighted by Gasteiger charge is 2.01. The minimum atomic E-state index is -0.741. The smallest absolute Gasteiger partial charge is 0.303 e. The van der Waals surface area contributed by atoms with Gasteiger partial charge in [-0.1, -0.05) is 29.8 Å². The molecular weight excluding hydrogens is 226 g/mol. The van der Waals surface area contributed by atoms with Crippen LogP contribution in [0.15, 0.2) is 42.1 Å². The standard InChI is InChI=1S/C15H17NO2/c1-11(6-8-14(17)18)5-7-12-3-2-4-13-9-10-16-15(12)13/h2-5,9-10,16H,6-8H2,1H3,(H,17,18)/b11-5+. The lowest BCUT2D eigenvalue weighted by molar-refractivity contribution is -0.136. The first-order valence-corrected chi connectivity index (χ1v) is 6.09. The van der Waals surface area contributed by atoms with Crippen LogP contribution in [0.2, 0.25) is 0 Å². The molecule has 1 aromatic heterocycles. The van der Waals surface area contributed by atoms with Crippen molar-refractivity contribution in [2.75, 3.05) is 0 Å². The molecule has 0 bridgehead atoms. The normalized spacial score (nSPS) is 11.9. The van der Waals surface area contributed by atoms with Crippen LogP contribution >= 0.6 is 0 Å². The van der Waals surface area contributed by atoms with Crippen LogP contribution in [0.4, 0.5) is 0 Å². The molecule has 0 aliphatic carbocycles. The van der Waals surface area contributed by atoms with Gasteiger partial charge in [0.25, 0.3) is 0 Å². The Hall–Kier alpha value is -2.03. The number of hydrogen-bond donors (Lipinski definition) is 2. The Balaban J connectivity index is 2.07. The molecule has 0 unspecified atom stereocenters. The number of carboxylic acids is 1. The average molecular weight is 243 g/mol. The van der Waals surface area contributed by atoms with E-state index in [1.54, 1.807) is 0 Å². The largest absolute Gasteiger partial charge is 0.481 e. The number of carbonyl (C=O) groups is 1. The number of para-hydroxylation sites is 1. The number of nitrogens with one attached hydrogen (secondary N) is 1. The maximum Gasteiger partial charge on any atom is 0.303 e. The summed E-state index contributed by atoms with van der Waals surface area (Å²) in [7, 11) is 0. The molecular formula is C15H17NO2. The summed E-state index contributed by atoms with van der Waals surface area (Å²) >= 11 is 0. The molecule has 18 heavy (non-hydrogen) atoms. The highest BCUT2D eigenvalue weighted by atomic mass is 16.4. The van der Waals surface area contributed by atoms with Crippen molar-refractivity contribution in [1.82, 2.24) is 4.98 Å². The zero-order chi connectivity index (χ0) is 13.0. The predicted molar refractivity (Wildman–Crippen MR) is 72.6 cm³/mol. The first-order chi connectivity index (χ1) is 8.66. The summed E-state index contributed by atoms with van der Waals surface area (Å²) in [6.45, 7) is 1.98. The number of carboxylic acid groups (broad SMARTS) is 1. The molecule has 0 fully saturated rings. The van der Waals surface area contributed by atoms with Crippen molar-refractivity contribution in [3.05, 3.63) is 47.7 Å². The van der Waals surface area contributed by atoms with Crippen molar-refractivity contribution in [3.8, 4) is 0 Å². The quantitative estimate of drug-likeness (QED) is 0.789. The predicted octanol–water partition coefficient (Wildman–Crippen LogP) is 3.52. The van der Waals surface area contributed by atoms with E-state index in [1.807, 2.05) is 19.2 Å². The lowest BCUT2D eigenvalue weighted by Gasteiger charge is -2.02. The van der Waals surface area contributed by atoms with Crippen LogP contribution in [0.5, 0.6) is 0 Å². The van der Waals surface area contributed by atoms with Crippen molar-refractivity contribution < 1.29 is 9.90 Å². The summed E-state index contributed by atoms with van der Waals surface area (Å²) in [6, 6.07) is 8.28. The van der Waals surface area contributed by atoms with Crippen LogP contribution in [-0.4, -0.2) is 16.1 Å². The maximum absolute atomic E-state index is 10.5. The van der Waals surface area contributed by atoms with Gasteiger partial charge in [-0.3, -0.25) is 4.79 Å². The number of rotatable bonds is 5. The van der Waals surface area contributed by atoms with E-state index in [0.29, 0.717) is 6.42 Å². The fourth-order valence-electron chi connectivity index (χ4n) is 2.01. The molecule has 2 rings (SSSR count). The molecule has 2 aromatic rings. The molecule has 3 heteroatoms. The zero-order valence-corrected chi connectivity index (χ0v) is 10.4. The molecule has 3 nitrogen and oxygen atoms in total. The minimum Gasteiger partial charge on any atom is -0.481 e. The van der Waals surface area contributed by atoms with Crippen LogP contribution in [0.1, 0.15) is 25.3 Å². The number of aromatic amines is 1. The van der Waals surface area contributed by atoms with Gasteiger partial charge in [-0.25, -0.2) is 0 Å². The number of allylic oxidation sites excluding steroid dienone is 2. The van der Waals surface area contributed by atoms with Gasteiger partial charge in [0.05, 0.1) is 0 Å². The van der Waals surface area contributed by atoms with Crippen molar-refractivity contribution in [2.45, 2.75) is 26.2 Å². The van der Waals surface area contributed by atoms with E-state index in [1.165, 1.54) is 16.5 Å². The van der Waals surface area contributed by atoms with Gasteiger partial charge in [0.15, 0.2) is 0 Å². The van der Waals surface area contributed by atoms with Gasteiger partial charge in [-0.2, -0.15) is 0 Å². The van der Waals surface area contributed by atoms with E-state index in [4.69, 9.17) is 5.11 Å². The van der Waals surface area contributed by atoms with Crippen LogP contribution in [0, 0.1) is 0 Å². The van der Waals surface area contributed by atoms with Gasteiger partial charge in [0.2, 0.25) is 0 Å². The minimum absolute atomic E-state index is 0.203. The van der Waals surface area contributed by atoms with Gasteiger partial charge in [-0.15, -0.1) is 0 Å². The second-order valence-electron chi connectivity index (χ2n) is 4.51. The third-order valence-electron chi connectivity index (χ3n) is 3.08. The second-order valence-corrected chi connectivity index (χ2v) is 4.51. The van der Waals surface area contributed by atoms with Crippen molar-refractivity contribution >= 4 is 16.9 Å². The average Bonchev–Trinajstić information content (AvgIpc) is 2.82. The SMILES string of the molecule is C/C(=C\Cc1cccc2cc[nH]c12)CCC(=O)O. The fourth-order valence-corrected chi connectivity index (χ4v) is 2.01. The summed E-state index contributed by atoms with van der Waals surface area (Å²) in [5.74, 6) is -0.741. The first kappa shape index (κ1) is 12.4. The van der Waals surface area contributed by atoms with E-state index in [0.717, 1.165) is 12.0 Å². The number of fused-ring (bicyclic) bond motifs is 1. The summed E-state index contributed by atoms with van der Waals surface area (Å²) in [4.78, 5) is 13.7. The molecule has 1 aromatic carbocycles. The van der Waals surface area contributed by atoms with E-state index >= 15 is 0 Å². The summed E-state index contributed by atoms with van der Waals surface area (Å²) in [6.07, 6.45) is 5.71. The third kappa shape index (κ3) is 3.00. The Labute approximate surface area is 106 Å². The Kier molecular flexibility index (Phi) is 3.82. The first-order valence-electron chi connectivity index (χ1n) is 6.09. The molecule has 0 aliphatic rings. The summed E-state index contributed by atoms with van der Waals surface area (Å²) < 4.78 is 0. The molecule has 2 N–H and O–H groups in total. The highest BCUT2D eigenvalue weighted by molar-refractivity contribution is 5.82. The molecule has 0 aliphatic heterocycles. The monoisotopic (exact) mass is 243 g/mol. The van der Waals surface area contributed by atoms with Gasteiger partial charge in [0.1, 0.15) is 0 Å². The van der Waals surface area contributed by atoms with Crippen molar-refractivity contribution in [3.63, 3.8) is 0 Å². The number of H-pyrrole nitrogens is 1. The third-order valence-corrected chi connectivity index (χ3v) is 3.08. The zero-order valence-electron chi connectivity index (χ0n) is 10.4. The lowest BCUT2D eigenvalue weighted by atomic mass is 10.1. The fraction of sp³-hybridized carbons (Fsp3) is 0.267. The number of aliphatic carboxylic acids is 1. The molecule has 0 saturated heterocycles. The number of hydrogen-bond acceptors (Lipinski definition) is 1. The summed E-state index contributed by atoms with van der Waals surface area (Å²) in [5, 5.41) is 9.84. The van der Waals surface area contributed by atoms with Gasteiger partial charge in [-0.05, 0) is 36.8 Å². The maximum atomic E-state index is 10.5. The van der Waals surface area contributed by atoms with Crippen LogP contribution < -0.4 is 0 Å². The van der Waals surface area contributed by atoms with Gasteiger partial charge in [0, 0.05) is 18.1 Å². The number of aromatic nitrogens is 1. The lowest BCUT2D eigenvalue weighted by Crippen LogP contribution is -1.94. The van der Waals surface area contributed by atoms with Crippen molar-refractivity contribution in [2.24, 2.45) is 0 Å². The van der Waals surface area contributed by atoms with Crippen LogP contribution in [0.3, 0.4) is 0 Å². The second kappa shape index (κ2) is 5.54.